The van der Waals surface area contributed by atoms with Crippen LogP contribution in [0.5, 0.6) is 0 Å². The summed E-state index contributed by atoms with van der Waals surface area (Å²) in [4.78, 5) is 10.9. The number of hydrogen-bond donors (Lipinski definition) is 3. The Morgan fingerprint density at radius 3 is 2.75 bits per heavy atom. The first-order chi connectivity index (χ1) is 5.70. The summed E-state index contributed by atoms with van der Waals surface area (Å²) in [5.41, 5.74) is 0. The number of urea groups is 1. The standard InChI is InChI=1S/C7H15N3OS/c1-3-4-5-9-7(11)10-6(8)12-2/h3-5H2,1-2H3,(H3,8,9,10,11). The topological polar surface area (TPSA) is 65.0 Å². The first kappa shape index (κ1) is 11.3. The molecule has 0 bridgehead atoms. The van der Waals surface area contributed by atoms with Gasteiger partial charge in [0.2, 0.25) is 0 Å². The van der Waals surface area contributed by atoms with Crippen molar-refractivity contribution in [2.24, 2.45) is 0 Å². The third-order valence-electron chi connectivity index (χ3n) is 1.25. The number of carbonyl (C=O) groups is 1. The maximum atomic E-state index is 10.9. The number of unbranched alkanes of at least 4 members (excludes halogenated alkanes) is 1. The van der Waals surface area contributed by atoms with Crippen molar-refractivity contribution in [3.63, 3.8) is 0 Å². The summed E-state index contributed by atoms with van der Waals surface area (Å²) in [6.45, 7) is 2.73. The predicted molar refractivity (Wildman–Crippen MR) is 52.7 cm³/mol. The smallest absolute Gasteiger partial charge is 0.320 e. The summed E-state index contributed by atoms with van der Waals surface area (Å²) < 4.78 is 0. The van der Waals surface area contributed by atoms with Gasteiger partial charge in [-0.1, -0.05) is 25.1 Å². The Labute approximate surface area is 77.0 Å². The number of hydrogen-bond acceptors (Lipinski definition) is 3. The van der Waals surface area contributed by atoms with Gasteiger partial charge in [0.1, 0.15) is 0 Å². The number of amidine groups is 1. The molecule has 0 radical (unpaired) electrons. The highest BCUT2D eigenvalue weighted by Crippen LogP contribution is 1.89. The third kappa shape index (κ3) is 6.03. The van der Waals surface area contributed by atoms with E-state index in [2.05, 4.69) is 17.6 Å². The van der Waals surface area contributed by atoms with E-state index in [4.69, 9.17) is 5.41 Å². The van der Waals surface area contributed by atoms with Crippen LogP contribution in [-0.4, -0.2) is 24.0 Å². The summed E-state index contributed by atoms with van der Waals surface area (Å²) in [7, 11) is 0. The Hall–Kier alpha value is -0.710. The number of rotatable bonds is 3. The van der Waals surface area contributed by atoms with Crippen molar-refractivity contribution in [1.29, 1.82) is 5.41 Å². The highest BCUT2D eigenvalue weighted by Gasteiger charge is 2.00. The summed E-state index contributed by atoms with van der Waals surface area (Å²) >= 11 is 1.20. The molecular formula is C7H15N3OS. The molecule has 0 saturated heterocycles. The van der Waals surface area contributed by atoms with Crippen LogP contribution in [0.4, 0.5) is 4.79 Å². The number of thioether (sulfide) groups is 1. The Kier molecular flexibility index (Phi) is 6.55. The van der Waals surface area contributed by atoms with Crippen LogP contribution in [0.15, 0.2) is 0 Å². The van der Waals surface area contributed by atoms with Gasteiger partial charge in [-0.3, -0.25) is 10.7 Å². The summed E-state index contributed by atoms with van der Waals surface area (Å²) in [5, 5.41) is 12.3. The maximum Gasteiger partial charge on any atom is 0.320 e. The molecule has 4 nitrogen and oxygen atoms in total. The van der Waals surface area contributed by atoms with E-state index in [-0.39, 0.29) is 11.2 Å². The molecular weight excluding hydrogens is 174 g/mol. The zero-order chi connectivity index (χ0) is 9.40. The average Bonchev–Trinajstić information content (AvgIpc) is 2.05. The third-order valence-corrected chi connectivity index (χ3v) is 1.76. The van der Waals surface area contributed by atoms with Gasteiger partial charge in [0.25, 0.3) is 0 Å². The molecule has 70 valence electrons. The molecule has 0 heterocycles. The van der Waals surface area contributed by atoms with E-state index in [9.17, 15) is 4.79 Å². The highest BCUT2D eigenvalue weighted by molar-refractivity contribution is 8.13. The van der Waals surface area contributed by atoms with Crippen LogP contribution in [0.3, 0.4) is 0 Å². The summed E-state index contributed by atoms with van der Waals surface area (Å²) in [6.07, 6.45) is 3.77. The van der Waals surface area contributed by atoms with E-state index in [0.717, 1.165) is 12.8 Å². The molecule has 2 amide bonds. The van der Waals surface area contributed by atoms with Gasteiger partial charge >= 0.3 is 6.03 Å². The Morgan fingerprint density at radius 2 is 2.25 bits per heavy atom. The van der Waals surface area contributed by atoms with Crippen LogP contribution in [0.2, 0.25) is 0 Å². The first-order valence-electron chi connectivity index (χ1n) is 3.88. The highest BCUT2D eigenvalue weighted by atomic mass is 32.2. The fourth-order valence-corrected chi connectivity index (χ4v) is 0.772. The zero-order valence-electron chi connectivity index (χ0n) is 7.44. The maximum absolute atomic E-state index is 10.9. The molecule has 5 heteroatoms. The van der Waals surface area contributed by atoms with Gasteiger partial charge in [-0.25, -0.2) is 4.79 Å². The Balaban J connectivity index is 3.40. The zero-order valence-corrected chi connectivity index (χ0v) is 8.25. The van der Waals surface area contributed by atoms with E-state index in [1.54, 1.807) is 6.26 Å². The van der Waals surface area contributed by atoms with E-state index >= 15 is 0 Å². The quantitative estimate of drug-likeness (QED) is 0.357. The second-order valence-electron chi connectivity index (χ2n) is 2.27. The van der Waals surface area contributed by atoms with Crippen LogP contribution < -0.4 is 10.6 Å². The molecule has 0 aromatic rings. The Bertz CT molecular complexity index is 161. The molecule has 0 saturated carbocycles. The summed E-state index contributed by atoms with van der Waals surface area (Å²) in [6, 6.07) is -0.289. The molecule has 12 heavy (non-hydrogen) atoms. The first-order valence-corrected chi connectivity index (χ1v) is 5.10. The normalized spacial score (nSPS) is 9.17. The largest absolute Gasteiger partial charge is 0.338 e. The molecule has 0 aliphatic rings. The van der Waals surface area contributed by atoms with Gasteiger partial charge < -0.3 is 5.32 Å². The van der Waals surface area contributed by atoms with Gasteiger partial charge in [0.15, 0.2) is 5.17 Å². The van der Waals surface area contributed by atoms with Gasteiger partial charge in [0, 0.05) is 6.54 Å². The second kappa shape index (κ2) is 6.97. The van der Waals surface area contributed by atoms with Crippen LogP contribution in [0, 0.1) is 5.41 Å². The van der Waals surface area contributed by atoms with Gasteiger partial charge in [-0.15, -0.1) is 0 Å². The molecule has 0 aliphatic heterocycles. The molecule has 0 spiro atoms. The average molecular weight is 189 g/mol. The number of amides is 2. The van der Waals surface area contributed by atoms with Crippen LogP contribution >= 0.6 is 11.8 Å². The van der Waals surface area contributed by atoms with Crippen molar-refractivity contribution in [2.45, 2.75) is 19.8 Å². The van der Waals surface area contributed by atoms with Gasteiger partial charge in [-0.05, 0) is 12.7 Å². The molecule has 0 aromatic heterocycles. The van der Waals surface area contributed by atoms with Crippen molar-refractivity contribution in [3.05, 3.63) is 0 Å². The van der Waals surface area contributed by atoms with Gasteiger partial charge in [0.05, 0.1) is 0 Å². The van der Waals surface area contributed by atoms with Crippen LogP contribution in [0.1, 0.15) is 19.8 Å². The lowest BCUT2D eigenvalue weighted by Crippen LogP contribution is -2.38. The van der Waals surface area contributed by atoms with Crippen molar-refractivity contribution in [1.82, 2.24) is 10.6 Å². The van der Waals surface area contributed by atoms with E-state index < -0.39 is 0 Å². The minimum atomic E-state index is -0.289. The van der Waals surface area contributed by atoms with Crippen molar-refractivity contribution >= 4 is 23.0 Å². The predicted octanol–water partition coefficient (Wildman–Crippen LogP) is 1.38. The molecule has 0 aliphatic carbocycles. The molecule has 0 fully saturated rings. The number of carbonyl (C=O) groups excluding carboxylic acids is 1. The van der Waals surface area contributed by atoms with Crippen molar-refractivity contribution in [2.75, 3.05) is 12.8 Å². The molecule has 0 unspecified atom stereocenters. The lowest BCUT2D eigenvalue weighted by Gasteiger charge is -2.05. The monoisotopic (exact) mass is 189 g/mol. The van der Waals surface area contributed by atoms with Crippen molar-refractivity contribution < 1.29 is 4.79 Å². The summed E-state index contributed by atoms with van der Waals surface area (Å²) in [5.74, 6) is 0. The van der Waals surface area contributed by atoms with Crippen LogP contribution in [0.25, 0.3) is 0 Å². The fraction of sp³-hybridized carbons (Fsp3) is 0.714. The molecule has 3 N–H and O–H groups in total. The molecule has 0 atom stereocenters. The van der Waals surface area contributed by atoms with E-state index in [0.29, 0.717) is 6.54 Å². The van der Waals surface area contributed by atoms with Gasteiger partial charge in [-0.2, -0.15) is 0 Å². The molecule has 0 aromatic carbocycles. The SMILES string of the molecule is CCCCNC(=O)NC(=N)SC. The van der Waals surface area contributed by atoms with Crippen molar-refractivity contribution in [3.8, 4) is 0 Å². The van der Waals surface area contributed by atoms with E-state index in [1.807, 2.05) is 0 Å². The fourth-order valence-electron chi connectivity index (χ4n) is 0.577. The lowest BCUT2D eigenvalue weighted by atomic mass is 10.3. The molecule has 0 rings (SSSR count). The second-order valence-corrected chi connectivity index (χ2v) is 3.08. The Morgan fingerprint density at radius 1 is 1.58 bits per heavy atom. The van der Waals surface area contributed by atoms with Crippen LogP contribution in [-0.2, 0) is 0 Å². The number of nitrogens with one attached hydrogen (secondary N) is 3. The lowest BCUT2D eigenvalue weighted by molar-refractivity contribution is 0.245. The minimum Gasteiger partial charge on any atom is -0.338 e. The van der Waals surface area contributed by atoms with E-state index in [1.165, 1.54) is 11.8 Å². The minimum absolute atomic E-state index is 0.170.